The van der Waals surface area contributed by atoms with Crippen molar-refractivity contribution in [3.8, 4) is 34.3 Å². The minimum Gasteiger partial charge on any atom is -1.00 e. The molecule has 0 bridgehead atoms. The molecular weight excluding hydrogens is 342 g/mol. The van der Waals surface area contributed by atoms with Crippen molar-refractivity contribution < 1.29 is 36.3 Å². The third-order valence-electron chi connectivity index (χ3n) is 4.80. The van der Waals surface area contributed by atoms with Gasteiger partial charge in [-0.25, -0.2) is 0 Å². The summed E-state index contributed by atoms with van der Waals surface area (Å²) in [5, 5.41) is 12.2. The van der Waals surface area contributed by atoms with E-state index in [1.165, 1.54) is 0 Å². The number of aromatic hydroxyl groups is 1. The highest BCUT2D eigenvalue weighted by atomic mass is 35.5. The Hall–Kier alpha value is -2.66. The number of pyridine rings is 1. The number of hydrogen-bond acceptors (Lipinski definition) is 4. The van der Waals surface area contributed by atoms with Crippen LogP contribution >= 0.6 is 0 Å². The predicted octanol–water partition coefficient (Wildman–Crippen LogP) is -0.203. The molecule has 0 atom stereocenters. The number of fused-ring (bicyclic) bond motifs is 6. The topological polar surface area (TPSA) is 51.8 Å². The highest BCUT2D eigenvalue weighted by molar-refractivity contribution is 5.92. The van der Waals surface area contributed by atoms with Crippen LogP contribution in [0.15, 0.2) is 36.5 Å². The summed E-state index contributed by atoms with van der Waals surface area (Å²) in [6.45, 7) is 1.13. The van der Waals surface area contributed by atoms with Crippen molar-refractivity contribution in [2.24, 2.45) is 0 Å². The summed E-state index contributed by atoms with van der Waals surface area (Å²) in [6.07, 6.45) is 2.99. The molecule has 6 heteroatoms. The van der Waals surface area contributed by atoms with Crippen LogP contribution in [-0.4, -0.2) is 19.0 Å². The molecule has 5 rings (SSSR count). The Labute approximate surface area is 150 Å². The molecular formula is C19H16ClNO4. The van der Waals surface area contributed by atoms with Crippen LogP contribution in [0.3, 0.4) is 0 Å². The standard InChI is InChI=1S/C19H15NO4.ClH/c1-22-18-8-13-12(7-16(18)21)4-5-20-9-14-11(6-15(13)20)2-3-17-19(14)24-10-23-17;/h2-3,6-9H,4-5,10H2,1H3;1H. The van der Waals surface area contributed by atoms with Gasteiger partial charge >= 0.3 is 0 Å². The average Bonchev–Trinajstić information content (AvgIpc) is 3.08. The van der Waals surface area contributed by atoms with Crippen molar-refractivity contribution in [1.29, 1.82) is 0 Å². The lowest BCUT2D eigenvalue weighted by Crippen LogP contribution is -3.00. The van der Waals surface area contributed by atoms with E-state index in [2.05, 4.69) is 22.9 Å². The number of hydrogen-bond donors (Lipinski definition) is 1. The molecule has 0 fully saturated rings. The molecule has 0 saturated heterocycles. The number of phenolic OH excluding ortho intramolecular Hbond substituents is 1. The summed E-state index contributed by atoms with van der Waals surface area (Å²) in [6, 6.07) is 9.88. The molecule has 0 aliphatic carbocycles. The van der Waals surface area contributed by atoms with Crippen LogP contribution in [0.2, 0.25) is 0 Å². The van der Waals surface area contributed by atoms with Crippen molar-refractivity contribution in [1.82, 2.24) is 0 Å². The molecule has 128 valence electrons. The number of benzene rings is 2. The number of methoxy groups -OCH3 is 1. The zero-order valence-electron chi connectivity index (χ0n) is 13.6. The lowest BCUT2D eigenvalue weighted by atomic mass is 9.95. The number of phenols is 1. The first-order valence-electron chi connectivity index (χ1n) is 7.90. The van der Waals surface area contributed by atoms with Crippen LogP contribution in [-0.2, 0) is 13.0 Å². The van der Waals surface area contributed by atoms with E-state index in [0.717, 1.165) is 52.1 Å². The van der Waals surface area contributed by atoms with Gasteiger partial charge in [0.05, 0.1) is 18.1 Å². The van der Waals surface area contributed by atoms with Crippen LogP contribution in [0.25, 0.3) is 22.0 Å². The van der Waals surface area contributed by atoms with Gasteiger partial charge < -0.3 is 31.7 Å². The van der Waals surface area contributed by atoms with Gasteiger partial charge in [-0.05, 0) is 35.2 Å². The van der Waals surface area contributed by atoms with Gasteiger partial charge in [-0.3, -0.25) is 0 Å². The van der Waals surface area contributed by atoms with Gasteiger partial charge in [-0.15, -0.1) is 0 Å². The fourth-order valence-electron chi connectivity index (χ4n) is 3.60. The molecule has 0 amide bonds. The van der Waals surface area contributed by atoms with E-state index in [-0.39, 0.29) is 24.9 Å². The van der Waals surface area contributed by atoms with Gasteiger partial charge in [-0.2, -0.15) is 4.57 Å². The van der Waals surface area contributed by atoms with Gasteiger partial charge in [0.2, 0.25) is 12.5 Å². The Bertz CT molecular complexity index is 1000. The monoisotopic (exact) mass is 357 g/mol. The first kappa shape index (κ1) is 15.8. The molecule has 25 heavy (non-hydrogen) atoms. The molecule has 2 aromatic carbocycles. The first-order valence-corrected chi connectivity index (χ1v) is 7.90. The second-order valence-electron chi connectivity index (χ2n) is 6.09. The maximum absolute atomic E-state index is 10.0. The van der Waals surface area contributed by atoms with Crippen molar-refractivity contribution in [3.63, 3.8) is 0 Å². The lowest BCUT2D eigenvalue weighted by Gasteiger charge is -2.17. The molecule has 2 aliphatic heterocycles. The van der Waals surface area contributed by atoms with Crippen molar-refractivity contribution in [2.45, 2.75) is 13.0 Å². The van der Waals surface area contributed by atoms with E-state index in [1.807, 2.05) is 18.2 Å². The molecule has 3 heterocycles. The van der Waals surface area contributed by atoms with Gasteiger partial charge in [0.25, 0.3) is 0 Å². The Kier molecular flexibility index (Phi) is 3.62. The average molecular weight is 358 g/mol. The van der Waals surface area contributed by atoms with Crippen molar-refractivity contribution in [3.05, 3.63) is 42.1 Å². The fraction of sp³-hybridized carbons (Fsp3) is 0.211. The first-order chi connectivity index (χ1) is 11.7. The van der Waals surface area contributed by atoms with Crippen LogP contribution in [0.1, 0.15) is 5.56 Å². The predicted molar refractivity (Wildman–Crippen MR) is 87.6 cm³/mol. The van der Waals surface area contributed by atoms with Crippen molar-refractivity contribution >= 4 is 10.8 Å². The Balaban J connectivity index is 0.00000157. The number of rotatable bonds is 1. The summed E-state index contributed by atoms with van der Waals surface area (Å²) in [5.74, 6) is 2.30. The van der Waals surface area contributed by atoms with Gasteiger partial charge in [-0.1, -0.05) is 0 Å². The molecule has 5 nitrogen and oxygen atoms in total. The SMILES string of the molecule is COc1cc2c(cc1O)CC[n+]1cc3c4c(ccc3cc1-2)OCO4.[Cl-]. The summed E-state index contributed by atoms with van der Waals surface area (Å²) in [4.78, 5) is 0. The maximum atomic E-state index is 10.0. The largest absolute Gasteiger partial charge is 1.00 e. The van der Waals surface area contributed by atoms with Gasteiger partial charge in [0.15, 0.2) is 35.7 Å². The zero-order chi connectivity index (χ0) is 16.3. The maximum Gasteiger partial charge on any atom is 0.231 e. The number of halogens is 1. The van der Waals surface area contributed by atoms with E-state index in [0.29, 0.717) is 5.75 Å². The number of nitrogens with zero attached hydrogens (tertiary/aromatic N) is 1. The molecule has 3 aromatic rings. The van der Waals surface area contributed by atoms with E-state index in [4.69, 9.17) is 14.2 Å². The van der Waals surface area contributed by atoms with Crippen LogP contribution in [0.5, 0.6) is 23.0 Å². The Morgan fingerprint density at radius 3 is 2.88 bits per heavy atom. The molecule has 0 unspecified atom stereocenters. The minimum absolute atomic E-state index is 0. The van der Waals surface area contributed by atoms with E-state index in [9.17, 15) is 5.11 Å². The number of aryl methyl sites for hydroxylation is 2. The molecule has 0 radical (unpaired) electrons. The molecule has 1 aromatic heterocycles. The number of aromatic nitrogens is 1. The quantitative estimate of drug-likeness (QED) is 0.613. The van der Waals surface area contributed by atoms with Crippen molar-refractivity contribution in [2.75, 3.05) is 13.9 Å². The van der Waals surface area contributed by atoms with Crippen LogP contribution in [0.4, 0.5) is 0 Å². The third-order valence-corrected chi connectivity index (χ3v) is 4.80. The second-order valence-corrected chi connectivity index (χ2v) is 6.09. The normalized spacial score (nSPS) is 13.8. The Morgan fingerprint density at radius 1 is 1.16 bits per heavy atom. The summed E-state index contributed by atoms with van der Waals surface area (Å²) in [7, 11) is 1.57. The molecule has 0 spiro atoms. The third kappa shape index (κ3) is 2.27. The lowest BCUT2D eigenvalue weighted by molar-refractivity contribution is -0.686. The smallest absolute Gasteiger partial charge is 0.231 e. The van der Waals surface area contributed by atoms with Crippen LogP contribution in [0, 0.1) is 0 Å². The molecule has 0 saturated carbocycles. The fourth-order valence-corrected chi connectivity index (χ4v) is 3.60. The molecule has 2 aliphatic rings. The Morgan fingerprint density at radius 2 is 2.04 bits per heavy atom. The highest BCUT2D eigenvalue weighted by Crippen LogP contribution is 2.41. The van der Waals surface area contributed by atoms with E-state index < -0.39 is 0 Å². The number of ether oxygens (including phenoxy) is 3. The summed E-state index contributed by atoms with van der Waals surface area (Å²) >= 11 is 0. The highest BCUT2D eigenvalue weighted by Gasteiger charge is 2.27. The zero-order valence-corrected chi connectivity index (χ0v) is 14.3. The van der Waals surface area contributed by atoms with Gasteiger partial charge in [0, 0.05) is 12.5 Å². The summed E-state index contributed by atoms with van der Waals surface area (Å²) in [5.41, 5.74) is 3.34. The second kappa shape index (κ2) is 5.70. The molecule has 1 N–H and O–H groups in total. The van der Waals surface area contributed by atoms with Crippen LogP contribution < -0.4 is 31.2 Å². The van der Waals surface area contributed by atoms with Gasteiger partial charge in [0.1, 0.15) is 0 Å². The minimum atomic E-state index is 0. The van der Waals surface area contributed by atoms with E-state index >= 15 is 0 Å². The summed E-state index contributed by atoms with van der Waals surface area (Å²) < 4.78 is 18.6. The van der Waals surface area contributed by atoms with E-state index in [1.54, 1.807) is 7.11 Å².